The maximum absolute atomic E-state index is 14.5. The Bertz CT molecular complexity index is 905. The number of aryl methyl sites for hydroxylation is 1. The smallest absolute Gasteiger partial charge is 0.257 e. The van der Waals surface area contributed by atoms with Gasteiger partial charge in [0.05, 0.1) is 11.1 Å². The zero-order valence-corrected chi connectivity index (χ0v) is 16.2. The van der Waals surface area contributed by atoms with Gasteiger partial charge in [-0.1, -0.05) is 11.8 Å². The number of thioether (sulfide) groups is 1. The zero-order chi connectivity index (χ0) is 19.1. The highest BCUT2D eigenvalue weighted by atomic mass is 32.2. The lowest BCUT2D eigenvalue weighted by Gasteiger charge is -2.30. The van der Waals surface area contributed by atoms with Gasteiger partial charge in [0.1, 0.15) is 5.82 Å². The Hall–Kier alpha value is -2.28. The van der Waals surface area contributed by atoms with Crippen LogP contribution >= 0.6 is 11.8 Å². The Kier molecular flexibility index (Phi) is 4.84. The summed E-state index contributed by atoms with van der Waals surface area (Å²) in [6.45, 7) is 5.72. The molecule has 0 fully saturated rings. The lowest BCUT2D eigenvalue weighted by molar-refractivity contribution is 0.102. The van der Waals surface area contributed by atoms with E-state index in [1.165, 1.54) is 17.8 Å². The lowest BCUT2D eigenvalue weighted by atomic mass is 9.89. The number of halogens is 1. The molecule has 0 saturated carbocycles. The first-order chi connectivity index (χ1) is 12.2. The van der Waals surface area contributed by atoms with Crippen LogP contribution < -0.4 is 11.1 Å². The van der Waals surface area contributed by atoms with Crippen molar-refractivity contribution in [3.63, 3.8) is 0 Å². The van der Waals surface area contributed by atoms with Gasteiger partial charge in [-0.15, -0.1) is 0 Å². The largest absolute Gasteiger partial charge is 0.379 e. The van der Waals surface area contributed by atoms with Crippen molar-refractivity contribution < 1.29 is 9.18 Å². The van der Waals surface area contributed by atoms with E-state index in [2.05, 4.69) is 10.3 Å². The first-order valence-corrected chi connectivity index (χ1v) is 9.42. The molecule has 2 heterocycles. The number of hydrogen-bond donors (Lipinski definition) is 2. The maximum Gasteiger partial charge on any atom is 0.257 e. The Balaban J connectivity index is 1.92. The van der Waals surface area contributed by atoms with E-state index in [9.17, 15) is 9.18 Å². The molecule has 0 bridgehead atoms. The molecular formula is C19H23FN4OS. The van der Waals surface area contributed by atoms with Gasteiger partial charge in [0.2, 0.25) is 0 Å². The molecule has 7 heteroatoms. The highest BCUT2D eigenvalue weighted by Crippen LogP contribution is 2.37. The minimum absolute atomic E-state index is 0.212. The highest BCUT2D eigenvalue weighted by Gasteiger charge is 2.32. The molecule has 1 aromatic heterocycles. The Morgan fingerprint density at radius 1 is 1.38 bits per heavy atom. The number of amides is 1. The summed E-state index contributed by atoms with van der Waals surface area (Å²) < 4.78 is 16.4. The predicted molar refractivity (Wildman–Crippen MR) is 105 cm³/mol. The Morgan fingerprint density at radius 3 is 2.73 bits per heavy atom. The molecule has 2 aromatic rings. The van der Waals surface area contributed by atoms with Gasteiger partial charge in [-0.3, -0.25) is 9.79 Å². The summed E-state index contributed by atoms with van der Waals surface area (Å²) in [5.41, 5.74) is 8.61. The molecule has 0 saturated heterocycles. The highest BCUT2D eigenvalue weighted by molar-refractivity contribution is 8.13. The second-order valence-electron chi connectivity index (χ2n) is 6.81. The fourth-order valence-corrected chi connectivity index (χ4v) is 4.15. The van der Waals surface area contributed by atoms with Gasteiger partial charge in [0.25, 0.3) is 5.91 Å². The molecule has 0 spiro atoms. The molecule has 1 unspecified atom stereocenters. The van der Waals surface area contributed by atoms with E-state index in [4.69, 9.17) is 5.73 Å². The molecule has 0 radical (unpaired) electrons. The van der Waals surface area contributed by atoms with Crippen LogP contribution in [0.5, 0.6) is 0 Å². The van der Waals surface area contributed by atoms with Crippen molar-refractivity contribution in [3.8, 4) is 0 Å². The first kappa shape index (κ1) is 18.5. The summed E-state index contributed by atoms with van der Waals surface area (Å²) in [5.74, 6) is 0.224. The molecule has 3 rings (SSSR count). The quantitative estimate of drug-likeness (QED) is 0.860. The number of amidine groups is 1. The molecule has 138 valence electrons. The first-order valence-electron chi connectivity index (χ1n) is 8.44. The Morgan fingerprint density at radius 2 is 2.12 bits per heavy atom. The average molecular weight is 374 g/mol. The third-order valence-electron chi connectivity index (χ3n) is 5.02. The number of rotatable bonds is 3. The van der Waals surface area contributed by atoms with E-state index in [1.54, 1.807) is 12.1 Å². The van der Waals surface area contributed by atoms with Crippen LogP contribution in [-0.2, 0) is 12.6 Å². The maximum atomic E-state index is 14.5. The van der Waals surface area contributed by atoms with Gasteiger partial charge < -0.3 is 15.6 Å². The van der Waals surface area contributed by atoms with E-state index >= 15 is 0 Å². The van der Waals surface area contributed by atoms with Gasteiger partial charge in [-0.25, -0.2) is 4.39 Å². The summed E-state index contributed by atoms with van der Waals surface area (Å²) in [4.78, 5) is 17.1. The fraction of sp³-hybridized carbons (Fsp3) is 0.368. The van der Waals surface area contributed by atoms with Crippen LogP contribution in [0.2, 0.25) is 0 Å². The monoisotopic (exact) mass is 374 g/mol. The number of benzene rings is 1. The third-order valence-corrected chi connectivity index (χ3v) is 5.82. The molecule has 3 N–H and O–H groups in total. The third kappa shape index (κ3) is 3.35. The van der Waals surface area contributed by atoms with Gasteiger partial charge >= 0.3 is 0 Å². The van der Waals surface area contributed by atoms with E-state index < -0.39 is 5.54 Å². The molecule has 26 heavy (non-hydrogen) atoms. The van der Waals surface area contributed by atoms with E-state index in [-0.39, 0.29) is 11.7 Å². The number of nitrogens with two attached hydrogens (primary N) is 1. The van der Waals surface area contributed by atoms with Crippen molar-refractivity contribution in [2.24, 2.45) is 17.8 Å². The van der Waals surface area contributed by atoms with Gasteiger partial charge in [0.15, 0.2) is 5.17 Å². The van der Waals surface area contributed by atoms with Gasteiger partial charge in [-0.05, 0) is 51.5 Å². The minimum atomic E-state index is -0.723. The Labute approximate surface area is 156 Å². The molecule has 1 aliphatic rings. The number of hydrogen-bond acceptors (Lipinski definition) is 4. The van der Waals surface area contributed by atoms with Crippen LogP contribution in [0.25, 0.3) is 0 Å². The lowest BCUT2D eigenvalue weighted by Crippen LogP contribution is -2.29. The van der Waals surface area contributed by atoms with E-state index in [1.807, 2.05) is 38.5 Å². The second-order valence-corrected chi connectivity index (χ2v) is 7.93. The summed E-state index contributed by atoms with van der Waals surface area (Å²) in [5, 5.41) is 3.33. The molecule has 1 aromatic carbocycles. The molecule has 1 atom stereocenters. The number of anilines is 1. The van der Waals surface area contributed by atoms with Crippen LogP contribution in [0.1, 0.15) is 40.7 Å². The van der Waals surface area contributed by atoms with Gasteiger partial charge in [0, 0.05) is 35.4 Å². The molecule has 0 aliphatic carbocycles. The normalized spacial score (nSPS) is 20.0. The van der Waals surface area contributed by atoms with Crippen LogP contribution in [0.15, 0.2) is 29.3 Å². The number of carbonyl (C=O) groups excluding carboxylic acids is 1. The average Bonchev–Trinajstić information content (AvgIpc) is 2.84. The molecule has 1 amide bonds. The number of nitrogens with zero attached hydrogens (tertiary/aromatic N) is 2. The van der Waals surface area contributed by atoms with Crippen molar-refractivity contribution in [1.29, 1.82) is 0 Å². The molecule has 1 aliphatic heterocycles. The second kappa shape index (κ2) is 6.79. The predicted octanol–water partition coefficient (Wildman–Crippen LogP) is 3.70. The van der Waals surface area contributed by atoms with Crippen LogP contribution in [0.4, 0.5) is 10.1 Å². The summed E-state index contributed by atoms with van der Waals surface area (Å²) >= 11 is 1.47. The number of nitrogens with one attached hydrogen (secondary N) is 1. The molecule has 5 nitrogen and oxygen atoms in total. The standard InChI is InChI=1S/C19H23FN4OS/c1-11-9-14(12(2)24(11)4)17(25)22-13-5-6-16(20)15(10-13)19(3)7-8-26-18(21)23-19/h5-6,9-10H,7-8H2,1-4H3,(H2,21,23)(H,22,25). The van der Waals surface area contributed by atoms with Crippen molar-refractivity contribution in [1.82, 2.24) is 4.57 Å². The molecular weight excluding hydrogens is 351 g/mol. The topological polar surface area (TPSA) is 72.4 Å². The van der Waals surface area contributed by atoms with E-state index in [0.717, 1.165) is 17.1 Å². The van der Waals surface area contributed by atoms with Crippen molar-refractivity contribution in [2.75, 3.05) is 11.1 Å². The number of aromatic nitrogens is 1. The van der Waals surface area contributed by atoms with Crippen molar-refractivity contribution in [3.05, 3.63) is 52.6 Å². The fourth-order valence-electron chi connectivity index (χ4n) is 3.18. The summed E-state index contributed by atoms with van der Waals surface area (Å²) in [6, 6.07) is 6.44. The minimum Gasteiger partial charge on any atom is -0.379 e. The summed E-state index contributed by atoms with van der Waals surface area (Å²) in [6.07, 6.45) is 0.684. The SMILES string of the molecule is Cc1cc(C(=O)Nc2ccc(F)c(C3(C)CCSC(N)=N3)c2)c(C)n1C. The zero-order valence-electron chi connectivity index (χ0n) is 15.4. The van der Waals surface area contributed by atoms with Crippen LogP contribution in [0, 0.1) is 19.7 Å². The van der Waals surface area contributed by atoms with Gasteiger partial charge in [-0.2, -0.15) is 0 Å². The summed E-state index contributed by atoms with van der Waals surface area (Å²) in [7, 11) is 1.92. The van der Waals surface area contributed by atoms with E-state index in [0.29, 0.717) is 28.4 Å². The van der Waals surface area contributed by atoms with Crippen molar-refractivity contribution >= 4 is 28.5 Å². The van der Waals surface area contributed by atoms with Crippen LogP contribution in [0.3, 0.4) is 0 Å². The van der Waals surface area contributed by atoms with Crippen molar-refractivity contribution in [2.45, 2.75) is 32.7 Å². The number of carbonyl (C=O) groups is 1. The number of aliphatic imine (C=N–C) groups is 1. The van der Waals surface area contributed by atoms with Crippen LogP contribution in [-0.4, -0.2) is 21.4 Å².